The number of carbonyl (C=O) groups is 1. The van der Waals surface area contributed by atoms with Crippen LogP contribution in [-0.2, 0) is 11.2 Å². The molecule has 0 heterocycles. The SMILES string of the molecule is NC(Cc1ccc(O)c([18F])c1)C(=O)O. The summed E-state index contributed by atoms with van der Waals surface area (Å²) in [5.41, 5.74) is 5.69. The average molecular weight is 198 g/mol. The third-order valence-electron chi connectivity index (χ3n) is 1.78. The number of nitrogens with two attached hydrogens (primary N) is 1. The second-order valence-electron chi connectivity index (χ2n) is 2.93. The molecule has 4 nitrogen and oxygen atoms in total. The van der Waals surface area contributed by atoms with Gasteiger partial charge >= 0.3 is 5.97 Å². The van der Waals surface area contributed by atoms with Crippen molar-refractivity contribution in [2.75, 3.05) is 0 Å². The Balaban J connectivity index is 2.78. The number of phenols is 1. The standard InChI is InChI=1S/C9H10FNO3/c10-6-3-5(1-2-8(6)12)4-7(11)9(13)14/h1-3,7,12H,4,11H2,(H,13,14)/i10-1. The van der Waals surface area contributed by atoms with E-state index in [9.17, 15) is 9.18 Å². The van der Waals surface area contributed by atoms with Crippen LogP contribution in [0.25, 0.3) is 0 Å². The van der Waals surface area contributed by atoms with E-state index in [1.54, 1.807) is 0 Å². The van der Waals surface area contributed by atoms with Crippen molar-refractivity contribution in [2.45, 2.75) is 12.5 Å². The molecule has 0 fully saturated rings. The van der Waals surface area contributed by atoms with Gasteiger partial charge in [0.1, 0.15) is 6.04 Å². The first kappa shape index (κ1) is 10.5. The fraction of sp³-hybridized carbons (Fsp3) is 0.222. The van der Waals surface area contributed by atoms with Gasteiger partial charge in [-0.3, -0.25) is 4.79 Å². The molecule has 1 aromatic rings. The molecule has 0 spiro atoms. The highest BCUT2D eigenvalue weighted by Gasteiger charge is 2.12. The highest BCUT2D eigenvalue weighted by atomic mass is 18.2. The van der Waals surface area contributed by atoms with Crippen molar-refractivity contribution >= 4 is 5.97 Å². The average Bonchev–Trinajstić information content (AvgIpc) is 2.11. The molecule has 1 atom stereocenters. The summed E-state index contributed by atoms with van der Waals surface area (Å²) in [6, 6.07) is 2.61. The molecule has 0 saturated carbocycles. The van der Waals surface area contributed by atoms with E-state index in [2.05, 4.69) is 0 Å². The number of benzene rings is 1. The Morgan fingerprint density at radius 2 is 2.21 bits per heavy atom. The molecule has 1 rings (SSSR count). The maximum atomic E-state index is 12.8. The lowest BCUT2D eigenvalue weighted by Crippen LogP contribution is -2.32. The molecule has 0 amide bonds. The van der Waals surface area contributed by atoms with Crippen molar-refractivity contribution in [3.05, 3.63) is 29.6 Å². The van der Waals surface area contributed by atoms with Gasteiger partial charge in [0.15, 0.2) is 11.6 Å². The number of phenolic OH excluding ortho intramolecular Hbond substituents is 1. The van der Waals surface area contributed by atoms with Gasteiger partial charge in [-0.05, 0) is 24.1 Å². The van der Waals surface area contributed by atoms with E-state index in [-0.39, 0.29) is 6.42 Å². The lowest BCUT2D eigenvalue weighted by atomic mass is 10.1. The van der Waals surface area contributed by atoms with Crippen molar-refractivity contribution in [1.82, 2.24) is 0 Å². The molecule has 1 unspecified atom stereocenters. The maximum Gasteiger partial charge on any atom is 0.320 e. The Hall–Kier alpha value is -1.62. The van der Waals surface area contributed by atoms with Crippen molar-refractivity contribution in [3.63, 3.8) is 0 Å². The molecule has 0 saturated heterocycles. The summed E-state index contributed by atoms with van der Waals surface area (Å²) in [5.74, 6) is -2.38. The van der Waals surface area contributed by atoms with Gasteiger partial charge in [0, 0.05) is 0 Å². The normalized spacial score (nSPS) is 12.4. The molecule has 0 bridgehead atoms. The van der Waals surface area contributed by atoms with E-state index in [4.69, 9.17) is 15.9 Å². The van der Waals surface area contributed by atoms with Crippen LogP contribution in [0.5, 0.6) is 5.75 Å². The van der Waals surface area contributed by atoms with Gasteiger partial charge in [0.05, 0.1) is 0 Å². The first-order valence-corrected chi connectivity index (χ1v) is 3.96. The van der Waals surface area contributed by atoms with Crippen LogP contribution in [0, 0.1) is 5.82 Å². The molecule has 0 radical (unpaired) electrons. The molecule has 0 aliphatic carbocycles. The summed E-state index contributed by atoms with van der Waals surface area (Å²) in [6.45, 7) is 0. The molecular formula is C9H10FNO3. The van der Waals surface area contributed by atoms with Gasteiger partial charge in [0.2, 0.25) is 0 Å². The molecule has 1 aromatic carbocycles. The highest BCUT2D eigenvalue weighted by molar-refractivity contribution is 5.73. The third-order valence-corrected chi connectivity index (χ3v) is 1.78. The first-order chi connectivity index (χ1) is 6.50. The number of hydrogen-bond donors (Lipinski definition) is 3. The Morgan fingerprint density at radius 1 is 1.57 bits per heavy atom. The minimum Gasteiger partial charge on any atom is -0.505 e. The summed E-state index contributed by atoms with van der Waals surface area (Å²) < 4.78 is 12.8. The third kappa shape index (κ3) is 2.43. The van der Waals surface area contributed by atoms with Crippen molar-refractivity contribution in [2.24, 2.45) is 5.73 Å². The molecule has 14 heavy (non-hydrogen) atoms. The minimum atomic E-state index is -1.14. The van der Waals surface area contributed by atoms with E-state index in [1.165, 1.54) is 12.1 Å². The second-order valence-corrected chi connectivity index (χ2v) is 2.93. The van der Waals surface area contributed by atoms with Crippen molar-refractivity contribution < 1.29 is 19.4 Å². The Kier molecular flexibility index (Phi) is 3.03. The van der Waals surface area contributed by atoms with E-state index in [0.717, 1.165) is 6.07 Å². The van der Waals surface area contributed by atoms with Crippen LogP contribution in [-0.4, -0.2) is 22.2 Å². The molecule has 4 N–H and O–H groups in total. The van der Waals surface area contributed by atoms with E-state index in [1.807, 2.05) is 0 Å². The zero-order valence-corrected chi connectivity index (χ0v) is 7.27. The number of halogens is 1. The lowest BCUT2D eigenvalue weighted by Gasteiger charge is -2.06. The monoisotopic (exact) mass is 198 g/mol. The Labute approximate surface area is 79.8 Å². The van der Waals surface area contributed by atoms with Crippen molar-refractivity contribution in [3.8, 4) is 5.75 Å². The van der Waals surface area contributed by atoms with Gasteiger partial charge in [-0.1, -0.05) is 6.07 Å². The van der Waals surface area contributed by atoms with Gasteiger partial charge in [-0.15, -0.1) is 0 Å². The van der Waals surface area contributed by atoms with Crippen molar-refractivity contribution in [1.29, 1.82) is 0 Å². The van der Waals surface area contributed by atoms with Crippen LogP contribution in [0.2, 0.25) is 0 Å². The number of aliphatic carboxylic acids is 1. The smallest absolute Gasteiger partial charge is 0.320 e. The van der Waals surface area contributed by atoms with Gasteiger partial charge in [0.25, 0.3) is 0 Å². The molecule has 5 heteroatoms. The van der Waals surface area contributed by atoms with Crippen LogP contribution < -0.4 is 5.73 Å². The predicted octanol–water partition coefficient (Wildman–Crippen LogP) is 0.486. The topological polar surface area (TPSA) is 83.5 Å². The maximum absolute atomic E-state index is 12.8. The zero-order valence-electron chi connectivity index (χ0n) is 7.27. The van der Waals surface area contributed by atoms with E-state index >= 15 is 0 Å². The number of aromatic hydroxyl groups is 1. The number of rotatable bonds is 3. The quantitative estimate of drug-likeness (QED) is 0.659. The van der Waals surface area contributed by atoms with Crippen LogP contribution in [0.1, 0.15) is 5.56 Å². The minimum absolute atomic E-state index is 0.0343. The lowest BCUT2D eigenvalue weighted by molar-refractivity contribution is -0.138. The summed E-state index contributed by atoms with van der Waals surface area (Å²) in [7, 11) is 0. The van der Waals surface area contributed by atoms with E-state index in [0.29, 0.717) is 5.56 Å². The van der Waals surface area contributed by atoms with Crippen LogP contribution in [0.4, 0.5) is 4.39 Å². The van der Waals surface area contributed by atoms with Gasteiger partial charge in [-0.25, -0.2) is 4.39 Å². The van der Waals surface area contributed by atoms with Crippen LogP contribution >= 0.6 is 0 Å². The molecule has 0 aliphatic heterocycles. The zero-order chi connectivity index (χ0) is 10.7. The largest absolute Gasteiger partial charge is 0.505 e. The van der Waals surface area contributed by atoms with Gasteiger partial charge < -0.3 is 15.9 Å². The molecule has 76 valence electrons. The molecular weight excluding hydrogens is 188 g/mol. The number of carboxylic acids is 1. The fourth-order valence-corrected chi connectivity index (χ4v) is 1.02. The number of carboxylic acid groups (broad SMARTS) is 1. The summed E-state index contributed by atoms with van der Waals surface area (Å²) >= 11 is 0. The van der Waals surface area contributed by atoms with Gasteiger partial charge in [-0.2, -0.15) is 0 Å². The number of hydrogen-bond acceptors (Lipinski definition) is 3. The Morgan fingerprint density at radius 3 is 2.71 bits per heavy atom. The molecule has 0 aliphatic rings. The molecule has 0 aromatic heterocycles. The summed E-state index contributed by atoms with van der Waals surface area (Å²) in [6.07, 6.45) is 0.0343. The highest BCUT2D eigenvalue weighted by Crippen LogP contribution is 2.16. The van der Waals surface area contributed by atoms with Crippen LogP contribution in [0.3, 0.4) is 0 Å². The fourth-order valence-electron chi connectivity index (χ4n) is 1.02. The summed E-state index contributed by atoms with van der Waals surface area (Å²) in [4.78, 5) is 10.4. The predicted molar refractivity (Wildman–Crippen MR) is 47.4 cm³/mol. The van der Waals surface area contributed by atoms with Crippen LogP contribution in [0.15, 0.2) is 18.2 Å². The first-order valence-electron chi connectivity index (χ1n) is 3.96. The van der Waals surface area contributed by atoms with E-state index < -0.39 is 23.6 Å². The second kappa shape index (κ2) is 4.06. The Bertz CT molecular complexity index is 354. The summed E-state index contributed by atoms with van der Waals surface area (Å²) in [5, 5.41) is 17.4.